The maximum absolute atomic E-state index is 12.9. The standard InChI is InChI=1S/C23H35N5O2/c29-22(27-13-7-2-8-14-27)19-25-15-17-28(18-16-25)23(30)24-20-9-3-4-10-21(20)26-11-5-1-6-12-26/h3-4,9-10H,1-2,5-8,11-19H2,(H,24,30). The molecule has 0 spiro atoms. The van der Waals surface area contributed by atoms with Crippen LogP contribution < -0.4 is 10.2 Å². The van der Waals surface area contributed by atoms with Crippen molar-refractivity contribution in [2.24, 2.45) is 0 Å². The number of hydrogen-bond donors (Lipinski definition) is 1. The first-order chi connectivity index (χ1) is 14.7. The zero-order valence-corrected chi connectivity index (χ0v) is 18.0. The van der Waals surface area contributed by atoms with E-state index in [4.69, 9.17) is 0 Å². The number of likely N-dealkylation sites (tertiary alicyclic amines) is 1. The number of rotatable bonds is 4. The number of benzene rings is 1. The highest BCUT2D eigenvalue weighted by atomic mass is 16.2. The fourth-order valence-electron chi connectivity index (χ4n) is 4.73. The average Bonchev–Trinajstić information content (AvgIpc) is 2.81. The van der Waals surface area contributed by atoms with E-state index in [0.717, 1.165) is 63.5 Å². The lowest BCUT2D eigenvalue weighted by molar-refractivity contribution is -0.133. The van der Waals surface area contributed by atoms with E-state index in [9.17, 15) is 9.59 Å². The van der Waals surface area contributed by atoms with Gasteiger partial charge >= 0.3 is 6.03 Å². The molecule has 3 saturated heterocycles. The van der Waals surface area contributed by atoms with Crippen molar-refractivity contribution in [3.63, 3.8) is 0 Å². The molecule has 1 aromatic rings. The molecule has 3 aliphatic rings. The molecule has 3 amide bonds. The number of piperidine rings is 2. The second kappa shape index (κ2) is 10.2. The van der Waals surface area contributed by atoms with Gasteiger partial charge in [0.15, 0.2) is 0 Å². The van der Waals surface area contributed by atoms with E-state index in [1.165, 1.54) is 25.7 Å². The SMILES string of the molecule is O=C(CN1CCN(C(=O)Nc2ccccc2N2CCCCC2)CC1)N1CCCCC1. The maximum Gasteiger partial charge on any atom is 0.321 e. The quantitative estimate of drug-likeness (QED) is 0.825. The van der Waals surface area contributed by atoms with E-state index in [1.54, 1.807) is 0 Å². The van der Waals surface area contributed by atoms with E-state index in [0.29, 0.717) is 19.6 Å². The number of anilines is 2. The molecule has 3 aliphatic heterocycles. The summed E-state index contributed by atoms with van der Waals surface area (Å²) < 4.78 is 0. The second-order valence-corrected chi connectivity index (χ2v) is 8.70. The van der Waals surface area contributed by atoms with Crippen LogP contribution in [0.25, 0.3) is 0 Å². The minimum atomic E-state index is -0.0403. The van der Waals surface area contributed by atoms with Crippen molar-refractivity contribution in [2.75, 3.05) is 69.1 Å². The van der Waals surface area contributed by atoms with Gasteiger partial charge in [0.05, 0.1) is 17.9 Å². The maximum atomic E-state index is 12.9. The molecule has 30 heavy (non-hydrogen) atoms. The number of para-hydroxylation sites is 2. The first-order valence-electron chi connectivity index (χ1n) is 11.6. The Morgan fingerprint density at radius 1 is 0.733 bits per heavy atom. The summed E-state index contributed by atoms with van der Waals surface area (Å²) in [6.07, 6.45) is 7.19. The van der Waals surface area contributed by atoms with Crippen LogP contribution in [0.15, 0.2) is 24.3 Å². The van der Waals surface area contributed by atoms with Gasteiger partial charge in [0, 0.05) is 52.4 Å². The summed E-state index contributed by atoms with van der Waals surface area (Å²) in [5.41, 5.74) is 2.02. The summed E-state index contributed by atoms with van der Waals surface area (Å²) in [6.45, 7) is 7.20. The average molecular weight is 414 g/mol. The number of carbonyl (C=O) groups excluding carboxylic acids is 2. The van der Waals surface area contributed by atoms with Crippen LogP contribution in [0.5, 0.6) is 0 Å². The first kappa shape index (κ1) is 21.0. The van der Waals surface area contributed by atoms with Gasteiger partial charge < -0.3 is 20.0 Å². The van der Waals surface area contributed by atoms with Crippen LogP contribution in [-0.2, 0) is 4.79 Å². The molecular weight excluding hydrogens is 378 g/mol. The van der Waals surface area contributed by atoms with Crippen LogP contribution in [0.4, 0.5) is 16.2 Å². The van der Waals surface area contributed by atoms with Crippen molar-refractivity contribution >= 4 is 23.3 Å². The van der Waals surface area contributed by atoms with E-state index >= 15 is 0 Å². The topological polar surface area (TPSA) is 59.1 Å². The largest absolute Gasteiger partial charge is 0.370 e. The molecule has 0 unspecified atom stereocenters. The van der Waals surface area contributed by atoms with E-state index < -0.39 is 0 Å². The van der Waals surface area contributed by atoms with Crippen molar-refractivity contribution in [3.05, 3.63) is 24.3 Å². The highest BCUT2D eigenvalue weighted by Gasteiger charge is 2.25. The van der Waals surface area contributed by atoms with E-state index in [2.05, 4.69) is 21.2 Å². The molecule has 0 aromatic heterocycles. The Kier molecular flexibility index (Phi) is 7.10. The number of nitrogens with one attached hydrogen (secondary N) is 1. The molecule has 0 bridgehead atoms. The van der Waals surface area contributed by atoms with Gasteiger partial charge in [0.2, 0.25) is 5.91 Å². The molecule has 1 aromatic carbocycles. The lowest BCUT2D eigenvalue weighted by atomic mass is 10.1. The van der Waals surface area contributed by atoms with Crippen LogP contribution in [0.2, 0.25) is 0 Å². The highest BCUT2D eigenvalue weighted by Crippen LogP contribution is 2.28. The van der Waals surface area contributed by atoms with Gasteiger partial charge in [-0.3, -0.25) is 9.69 Å². The molecule has 7 nitrogen and oxygen atoms in total. The van der Waals surface area contributed by atoms with Gasteiger partial charge in [-0.1, -0.05) is 12.1 Å². The number of urea groups is 1. The zero-order chi connectivity index (χ0) is 20.8. The van der Waals surface area contributed by atoms with Gasteiger partial charge in [-0.25, -0.2) is 4.79 Å². The summed E-state index contributed by atoms with van der Waals surface area (Å²) in [6, 6.07) is 8.08. The number of nitrogens with zero attached hydrogens (tertiary/aromatic N) is 4. The number of hydrogen-bond acceptors (Lipinski definition) is 4. The third-order valence-electron chi connectivity index (χ3n) is 6.57. The number of amides is 3. The predicted molar refractivity (Wildman–Crippen MR) is 120 cm³/mol. The fraction of sp³-hybridized carbons (Fsp3) is 0.652. The number of carbonyl (C=O) groups is 2. The van der Waals surface area contributed by atoms with Gasteiger partial charge in [0.25, 0.3) is 0 Å². The van der Waals surface area contributed by atoms with E-state index in [1.807, 2.05) is 28.0 Å². The summed E-state index contributed by atoms with van der Waals surface area (Å²) in [4.78, 5) is 33.8. The van der Waals surface area contributed by atoms with Gasteiger partial charge in [-0.2, -0.15) is 0 Å². The highest BCUT2D eigenvalue weighted by molar-refractivity contribution is 5.93. The minimum Gasteiger partial charge on any atom is -0.370 e. The van der Waals surface area contributed by atoms with Crippen molar-refractivity contribution < 1.29 is 9.59 Å². The van der Waals surface area contributed by atoms with Crippen LogP contribution in [-0.4, -0.2) is 85.5 Å². The fourth-order valence-corrected chi connectivity index (χ4v) is 4.73. The van der Waals surface area contributed by atoms with E-state index in [-0.39, 0.29) is 11.9 Å². The summed E-state index contributed by atoms with van der Waals surface area (Å²) in [7, 11) is 0. The Bertz CT molecular complexity index is 720. The lowest BCUT2D eigenvalue weighted by Gasteiger charge is -2.36. The molecule has 164 valence electrons. The summed E-state index contributed by atoms with van der Waals surface area (Å²) >= 11 is 0. The monoisotopic (exact) mass is 413 g/mol. The molecule has 3 fully saturated rings. The Balaban J connectivity index is 1.27. The Morgan fingerprint density at radius 3 is 2.07 bits per heavy atom. The molecule has 3 heterocycles. The van der Waals surface area contributed by atoms with Gasteiger partial charge in [-0.15, -0.1) is 0 Å². The van der Waals surface area contributed by atoms with Crippen molar-refractivity contribution in [2.45, 2.75) is 38.5 Å². The van der Waals surface area contributed by atoms with Crippen molar-refractivity contribution in [3.8, 4) is 0 Å². The molecule has 0 radical (unpaired) electrons. The summed E-state index contributed by atoms with van der Waals surface area (Å²) in [5, 5.41) is 3.14. The van der Waals surface area contributed by atoms with Gasteiger partial charge in [-0.05, 0) is 50.7 Å². The van der Waals surface area contributed by atoms with Crippen LogP contribution in [0.3, 0.4) is 0 Å². The van der Waals surface area contributed by atoms with Crippen LogP contribution in [0.1, 0.15) is 38.5 Å². The predicted octanol–water partition coefficient (Wildman–Crippen LogP) is 2.84. The smallest absolute Gasteiger partial charge is 0.321 e. The lowest BCUT2D eigenvalue weighted by Crippen LogP contribution is -2.52. The zero-order valence-electron chi connectivity index (χ0n) is 18.0. The van der Waals surface area contributed by atoms with Crippen LogP contribution >= 0.6 is 0 Å². The van der Waals surface area contributed by atoms with Crippen molar-refractivity contribution in [1.29, 1.82) is 0 Å². The molecule has 0 atom stereocenters. The Labute approximate surface area is 180 Å². The van der Waals surface area contributed by atoms with Gasteiger partial charge in [0.1, 0.15) is 0 Å². The number of piperazine rings is 1. The van der Waals surface area contributed by atoms with Crippen LogP contribution in [0, 0.1) is 0 Å². The second-order valence-electron chi connectivity index (χ2n) is 8.70. The summed E-state index contributed by atoms with van der Waals surface area (Å²) in [5.74, 6) is 0.239. The first-order valence-corrected chi connectivity index (χ1v) is 11.6. The minimum absolute atomic E-state index is 0.0403. The molecule has 1 N–H and O–H groups in total. The molecule has 7 heteroatoms. The third kappa shape index (κ3) is 5.25. The molecular formula is C23H35N5O2. The molecule has 0 aliphatic carbocycles. The normalized spacial score (nSPS) is 20.9. The van der Waals surface area contributed by atoms with Crippen molar-refractivity contribution in [1.82, 2.24) is 14.7 Å². The molecule has 4 rings (SSSR count). The Morgan fingerprint density at radius 2 is 1.37 bits per heavy atom. The third-order valence-corrected chi connectivity index (χ3v) is 6.57. The molecule has 0 saturated carbocycles. The Hall–Kier alpha value is -2.28.